The average molecular weight is 352 g/mol. The summed E-state index contributed by atoms with van der Waals surface area (Å²) in [6.07, 6.45) is 1.95. The van der Waals surface area contributed by atoms with Crippen LogP contribution in [0.4, 0.5) is 0 Å². The first-order valence-corrected chi connectivity index (χ1v) is 9.00. The second-order valence-electron chi connectivity index (χ2n) is 7.18. The van der Waals surface area contributed by atoms with Gasteiger partial charge in [0, 0.05) is 24.0 Å². The molecule has 136 valence electrons. The molecule has 1 fully saturated rings. The van der Waals surface area contributed by atoms with E-state index in [9.17, 15) is 4.79 Å². The molecular weight excluding hydrogens is 328 g/mol. The number of carbonyl (C=O) groups is 1. The molecule has 1 amide bonds. The minimum Gasteiger partial charge on any atom is -0.348 e. The van der Waals surface area contributed by atoms with Gasteiger partial charge in [-0.2, -0.15) is 10.2 Å². The van der Waals surface area contributed by atoms with Gasteiger partial charge in [-0.15, -0.1) is 0 Å². The lowest BCUT2D eigenvalue weighted by Crippen LogP contribution is -2.43. The number of fused-ring (bicyclic) bond motifs is 1. The van der Waals surface area contributed by atoms with E-state index in [0.29, 0.717) is 5.69 Å². The number of aromatic amines is 1. The molecule has 1 aromatic carbocycles. The normalized spacial score (nSPS) is 16.3. The van der Waals surface area contributed by atoms with Crippen LogP contribution in [-0.2, 0) is 7.05 Å². The second kappa shape index (κ2) is 6.57. The van der Waals surface area contributed by atoms with Crippen molar-refractivity contribution in [2.45, 2.75) is 25.8 Å². The zero-order valence-electron chi connectivity index (χ0n) is 15.4. The summed E-state index contributed by atoms with van der Waals surface area (Å²) >= 11 is 0. The fraction of sp³-hybridized carbons (Fsp3) is 0.421. The fourth-order valence-electron chi connectivity index (χ4n) is 3.63. The van der Waals surface area contributed by atoms with E-state index in [0.717, 1.165) is 53.8 Å². The van der Waals surface area contributed by atoms with Crippen molar-refractivity contribution >= 4 is 16.8 Å². The van der Waals surface area contributed by atoms with Crippen LogP contribution in [0.5, 0.6) is 0 Å². The minimum atomic E-state index is -0.107. The number of H-pyrrole nitrogens is 1. The van der Waals surface area contributed by atoms with Gasteiger partial charge >= 0.3 is 0 Å². The van der Waals surface area contributed by atoms with Gasteiger partial charge in [0.2, 0.25) is 0 Å². The lowest BCUT2D eigenvalue weighted by atomic mass is 10.0. The van der Waals surface area contributed by atoms with Crippen molar-refractivity contribution in [3.63, 3.8) is 0 Å². The number of aryl methyl sites for hydroxylation is 2. The van der Waals surface area contributed by atoms with E-state index in [1.54, 1.807) is 0 Å². The standard InChI is InChI=1S/C19H24N6O/c1-12-10-17(25(3)23-12)13-4-5-16-15(11-13)18(22-21-16)19(26)20-14-6-8-24(2)9-7-14/h4-5,10-11,14H,6-9H2,1-3H3,(H,20,26)(H,21,22). The number of aromatic nitrogens is 4. The Morgan fingerprint density at radius 2 is 2.00 bits per heavy atom. The highest BCUT2D eigenvalue weighted by molar-refractivity contribution is 6.05. The zero-order valence-corrected chi connectivity index (χ0v) is 15.4. The quantitative estimate of drug-likeness (QED) is 0.757. The van der Waals surface area contributed by atoms with E-state index in [-0.39, 0.29) is 11.9 Å². The van der Waals surface area contributed by atoms with E-state index in [1.165, 1.54) is 0 Å². The van der Waals surface area contributed by atoms with Gasteiger partial charge in [-0.25, -0.2) is 0 Å². The Morgan fingerprint density at radius 1 is 1.23 bits per heavy atom. The molecule has 0 unspecified atom stereocenters. The number of hydrogen-bond donors (Lipinski definition) is 2. The fourth-order valence-corrected chi connectivity index (χ4v) is 3.63. The average Bonchev–Trinajstić information content (AvgIpc) is 3.19. The minimum absolute atomic E-state index is 0.107. The number of nitrogens with zero attached hydrogens (tertiary/aromatic N) is 4. The molecule has 0 saturated carbocycles. The summed E-state index contributed by atoms with van der Waals surface area (Å²) in [5.74, 6) is -0.107. The summed E-state index contributed by atoms with van der Waals surface area (Å²) < 4.78 is 1.86. The van der Waals surface area contributed by atoms with Crippen molar-refractivity contribution in [3.05, 3.63) is 35.7 Å². The zero-order chi connectivity index (χ0) is 18.3. The third-order valence-corrected chi connectivity index (χ3v) is 5.13. The molecule has 0 bridgehead atoms. The van der Waals surface area contributed by atoms with Crippen LogP contribution in [0.25, 0.3) is 22.2 Å². The highest BCUT2D eigenvalue weighted by Crippen LogP contribution is 2.26. The molecule has 4 rings (SSSR count). The molecule has 0 aliphatic carbocycles. The van der Waals surface area contributed by atoms with Crippen molar-refractivity contribution in [1.29, 1.82) is 0 Å². The summed E-state index contributed by atoms with van der Waals surface area (Å²) in [7, 11) is 4.04. The van der Waals surface area contributed by atoms with Crippen molar-refractivity contribution in [2.24, 2.45) is 7.05 Å². The molecule has 26 heavy (non-hydrogen) atoms. The van der Waals surface area contributed by atoms with E-state index in [4.69, 9.17) is 0 Å². The molecule has 2 N–H and O–H groups in total. The molecule has 1 saturated heterocycles. The summed E-state index contributed by atoms with van der Waals surface area (Å²) in [5, 5.41) is 15.6. The van der Waals surface area contributed by atoms with Crippen LogP contribution < -0.4 is 5.32 Å². The summed E-state index contributed by atoms with van der Waals surface area (Å²) in [6.45, 7) is 3.99. The maximum atomic E-state index is 12.8. The van der Waals surface area contributed by atoms with Crippen LogP contribution in [0, 0.1) is 6.92 Å². The van der Waals surface area contributed by atoms with Gasteiger partial charge in [-0.3, -0.25) is 14.6 Å². The summed E-state index contributed by atoms with van der Waals surface area (Å²) in [6, 6.07) is 8.26. The molecule has 1 aliphatic heterocycles. The molecule has 0 atom stereocenters. The Morgan fingerprint density at radius 3 is 2.69 bits per heavy atom. The molecule has 1 aliphatic rings. The molecule has 0 spiro atoms. The second-order valence-corrected chi connectivity index (χ2v) is 7.18. The maximum Gasteiger partial charge on any atom is 0.272 e. The molecule has 2 aromatic heterocycles. The molecule has 3 heterocycles. The van der Waals surface area contributed by atoms with Crippen molar-refractivity contribution in [3.8, 4) is 11.3 Å². The number of nitrogens with one attached hydrogen (secondary N) is 2. The number of carbonyl (C=O) groups excluding carboxylic acids is 1. The van der Waals surface area contributed by atoms with Gasteiger partial charge in [0.1, 0.15) is 0 Å². The van der Waals surface area contributed by atoms with E-state index < -0.39 is 0 Å². The third kappa shape index (κ3) is 3.10. The molecule has 0 radical (unpaired) electrons. The van der Waals surface area contributed by atoms with Crippen LogP contribution >= 0.6 is 0 Å². The molecular formula is C19H24N6O. The number of rotatable bonds is 3. The Kier molecular flexibility index (Phi) is 4.24. The van der Waals surface area contributed by atoms with Crippen LogP contribution in [0.2, 0.25) is 0 Å². The smallest absolute Gasteiger partial charge is 0.272 e. The van der Waals surface area contributed by atoms with Crippen molar-refractivity contribution in [1.82, 2.24) is 30.2 Å². The van der Waals surface area contributed by atoms with Gasteiger partial charge in [0.05, 0.1) is 16.9 Å². The van der Waals surface area contributed by atoms with Crippen LogP contribution in [0.15, 0.2) is 24.3 Å². The SMILES string of the molecule is Cc1cc(-c2ccc3[nH]nc(C(=O)NC4CCN(C)CC4)c3c2)n(C)n1. The number of amides is 1. The summed E-state index contributed by atoms with van der Waals surface area (Å²) in [4.78, 5) is 15.1. The number of benzene rings is 1. The predicted octanol–water partition coefficient (Wildman–Crippen LogP) is 2.10. The Labute approximate surface area is 152 Å². The Balaban J connectivity index is 1.62. The van der Waals surface area contributed by atoms with Gasteiger partial charge < -0.3 is 10.2 Å². The highest BCUT2D eigenvalue weighted by Gasteiger charge is 2.22. The molecule has 7 heteroatoms. The van der Waals surface area contributed by atoms with Crippen LogP contribution in [-0.4, -0.2) is 57.0 Å². The first-order valence-electron chi connectivity index (χ1n) is 9.00. The van der Waals surface area contributed by atoms with E-state index in [1.807, 2.05) is 42.9 Å². The lowest BCUT2D eigenvalue weighted by molar-refractivity contribution is 0.0913. The molecule has 3 aromatic rings. The van der Waals surface area contributed by atoms with Gasteiger partial charge in [-0.1, -0.05) is 6.07 Å². The third-order valence-electron chi connectivity index (χ3n) is 5.13. The predicted molar refractivity (Wildman–Crippen MR) is 101 cm³/mol. The first kappa shape index (κ1) is 16.8. The topological polar surface area (TPSA) is 78.8 Å². The maximum absolute atomic E-state index is 12.8. The van der Waals surface area contributed by atoms with Gasteiger partial charge in [0.25, 0.3) is 5.91 Å². The molecule has 7 nitrogen and oxygen atoms in total. The van der Waals surface area contributed by atoms with Crippen molar-refractivity contribution in [2.75, 3.05) is 20.1 Å². The first-order chi connectivity index (χ1) is 12.5. The Bertz CT molecular complexity index is 948. The van der Waals surface area contributed by atoms with E-state index >= 15 is 0 Å². The van der Waals surface area contributed by atoms with Gasteiger partial charge in [-0.05, 0) is 58.1 Å². The largest absolute Gasteiger partial charge is 0.348 e. The highest BCUT2D eigenvalue weighted by atomic mass is 16.2. The monoisotopic (exact) mass is 352 g/mol. The van der Waals surface area contributed by atoms with Crippen molar-refractivity contribution < 1.29 is 4.79 Å². The van der Waals surface area contributed by atoms with Crippen LogP contribution in [0.1, 0.15) is 29.0 Å². The Hall–Kier alpha value is -2.67. The van der Waals surface area contributed by atoms with Crippen LogP contribution in [0.3, 0.4) is 0 Å². The number of likely N-dealkylation sites (tertiary alicyclic amines) is 1. The van der Waals surface area contributed by atoms with E-state index in [2.05, 4.69) is 32.6 Å². The number of hydrogen-bond acceptors (Lipinski definition) is 4. The lowest BCUT2D eigenvalue weighted by Gasteiger charge is -2.29. The summed E-state index contributed by atoms with van der Waals surface area (Å²) in [5.41, 5.74) is 4.33. The van der Waals surface area contributed by atoms with Gasteiger partial charge in [0.15, 0.2) is 5.69 Å². The number of piperidine rings is 1.